The second kappa shape index (κ2) is 8.27. The van der Waals surface area contributed by atoms with Crippen LogP contribution in [0, 0.1) is 28.6 Å². The van der Waals surface area contributed by atoms with Crippen molar-refractivity contribution in [2.45, 2.75) is 19.4 Å². The summed E-state index contributed by atoms with van der Waals surface area (Å²) in [6.45, 7) is 1.55. The van der Waals surface area contributed by atoms with Crippen molar-refractivity contribution in [3.05, 3.63) is 65.0 Å². The van der Waals surface area contributed by atoms with Crippen LogP contribution in [0.5, 0.6) is 5.75 Å². The lowest BCUT2D eigenvalue weighted by molar-refractivity contribution is 0.0419. The van der Waals surface area contributed by atoms with E-state index in [1.54, 1.807) is 29.2 Å². The molecule has 0 radical (unpaired) electrons. The van der Waals surface area contributed by atoms with E-state index < -0.39 is 18.1 Å². The van der Waals surface area contributed by atoms with Gasteiger partial charge in [-0.2, -0.15) is 15.5 Å². The van der Waals surface area contributed by atoms with Crippen molar-refractivity contribution in [3.8, 4) is 17.9 Å². The van der Waals surface area contributed by atoms with E-state index in [1.165, 1.54) is 12.2 Å². The predicted octanol–water partition coefficient (Wildman–Crippen LogP) is 2.17. The quantitative estimate of drug-likeness (QED) is 0.786. The van der Waals surface area contributed by atoms with E-state index in [1.807, 2.05) is 6.07 Å². The highest BCUT2D eigenvalue weighted by atomic mass is 19.1. The number of aliphatic imine (C=N–C) groups is 1. The van der Waals surface area contributed by atoms with Crippen molar-refractivity contribution < 1.29 is 19.0 Å². The van der Waals surface area contributed by atoms with Crippen LogP contribution in [0.3, 0.4) is 0 Å². The third-order valence-electron chi connectivity index (χ3n) is 4.86. The van der Waals surface area contributed by atoms with E-state index in [0.29, 0.717) is 24.0 Å². The molecule has 0 spiro atoms. The van der Waals surface area contributed by atoms with Crippen LogP contribution in [-0.4, -0.2) is 35.3 Å². The van der Waals surface area contributed by atoms with Gasteiger partial charge in [-0.3, -0.25) is 0 Å². The number of benzene rings is 1. The second-order valence-corrected chi connectivity index (χ2v) is 6.87. The maximum atomic E-state index is 13.5. The van der Waals surface area contributed by atoms with E-state index in [9.17, 15) is 14.8 Å². The van der Waals surface area contributed by atoms with Gasteiger partial charge in [0.25, 0.3) is 0 Å². The molecule has 3 aliphatic rings. The molecule has 0 aromatic heterocycles. The zero-order valence-corrected chi connectivity index (χ0v) is 15.9. The van der Waals surface area contributed by atoms with Crippen molar-refractivity contribution in [2.24, 2.45) is 10.9 Å². The standard InChI is InChI=1S/C21H18FN5O3/c22-17-3-2-16(8-14(17)10-23)30-18-4-1-13(7-15(18)11-24)12-29-20-9-19-25-5-6-27(19)21(28)26-20/h1-4,7,9,14,21,25,28H,5-6,8,12H2. The fourth-order valence-electron chi connectivity index (χ4n) is 3.30. The Balaban J connectivity index is 1.43. The number of hydrogen-bond acceptors (Lipinski definition) is 8. The van der Waals surface area contributed by atoms with E-state index in [-0.39, 0.29) is 18.6 Å². The zero-order chi connectivity index (χ0) is 21.1. The lowest BCUT2D eigenvalue weighted by Crippen LogP contribution is -2.35. The van der Waals surface area contributed by atoms with Gasteiger partial charge in [0.2, 0.25) is 12.2 Å². The van der Waals surface area contributed by atoms with Gasteiger partial charge in [-0.15, -0.1) is 0 Å². The Labute approximate surface area is 172 Å². The first-order valence-corrected chi connectivity index (χ1v) is 9.35. The van der Waals surface area contributed by atoms with Crippen molar-refractivity contribution in [1.82, 2.24) is 10.2 Å². The minimum absolute atomic E-state index is 0.108. The lowest BCUT2D eigenvalue weighted by Gasteiger charge is -2.26. The summed E-state index contributed by atoms with van der Waals surface area (Å²) < 4.78 is 24.9. The van der Waals surface area contributed by atoms with Crippen LogP contribution >= 0.6 is 0 Å². The van der Waals surface area contributed by atoms with E-state index in [0.717, 1.165) is 17.9 Å². The number of aliphatic hydroxyl groups excluding tert-OH is 1. The summed E-state index contributed by atoms with van der Waals surface area (Å²) in [5, 5.41) is 31.7. The van der Waals surface area contributed by atoms with Crippen LogP contribution in [0.1, 0.15) is 17.5 Å². The summed E-state index contributed by atoms with van der Waals surface area (Å²) >= 11 is 0. The number of allylic oxidation sites excluding steroid dienone is 4. The molecule has 2 heterocycles. The largest absolute Gasteiger partial charge is 0.473 e. The van der Waals surface area contributed by atoms with Gasteiger partial charge >= 0.3 is 0 Å². The number of halogens is 1. The molecule has 0 saturated carbocycles. The molecular weight excluding hydrogens is 389 g/mol. The Kier molecular flexibility index (Phi) is 5.38. The second-order valence-electron chi connectivity index (χ2n) is 6.87. The Hall–Kier alpha value is -3.82. The topological polar surface area (TPSA) is 114 Å². The number of aliphatic hydroxyl groups is 1. The highest BCUT2D eigenvalue weighted by Gasteiger charge is 2.27. The van der Waals surface area contributed by atoms with Crippen LogP contribution in [-0.2, 0) is 11.3 Å². The molecule has 2 atom stereocenters. The normalized spacial score (nSPS) is 22.3. The van der Waals surface area contributed by atoms with Gasteiger partial charge in [0.15, 0.2) is 0 Å². The Morgan fingerprint density at radius 2 is 2.20 bits per heavy atom. The van der Waals surface area contributed by atoms with Gasteiger partial charge in [-0.25, -0.2) is 4.39 Å². The van der Waals surface area contributed by atoms with Crippen molar-refractivity contribution >= 4 is 5.90 Å². The number of nitrogens with one attached hydrogen (secondary N) is 1. The molecule has 4 rings (SSSR count). The average Bonchev–Trinajstić information content (AvgIpc) is 3.23. The number of nitriles is 2. The summed E-state index contributed by atoms with van der Waals surface area (Å²) in [5.74, 6) is 0.405. The number of ether oxygens (including phenoxy) is 2. The molecule has 2 aliphatic heterocycles. The molecule has 2 N–H and O–H groups in total. The molecule has 0 amide bonds. The molecule has 0 bridgehead atoms. The van der Waals surface area contributed by atoms with Gasteiger partial charge in [-0.05, 0) is 29.8 Å². The fourth-order valence-corrected chi connectivity index (χ4v) is 3.30. The molecule has 2 unspecified atom stereocenters. The Bertz CT molecular complexity index is 1060. The van der Waals surface area contributed by atoms with E-state index >= 15 is 0 Å². The van der Waals surface area contributed by atoms with Gasteiger partial charge in [0.1, 0.15) is 41.8 Å². The molecule has 1 fully saturated rings. The molecule has 152 valence electrons. The summed E-state index contributed by atoms with van der Waals surface area (Å²) in [6.07, 6.45) is 3.50. The molecule has 1 saturated heterocycles. The highest BCUT2D eigenvalue weighted by molar-refractivity contribution is 5.89. The predicted molar refractivity (Wildman–Crippen MR) is 104 cm³/mol. The summed E-state index contributed by atoms with van der Waals surface area (Å²) in [6, 6.07) is 8.96. The van der Waals surface area contributed by atoms with Gasteiger partial charge in [0, 0.05) is 25.6 Å². The molecule has 1 aromatic rings. The monoisotopic (exact) mass is 407 g/mol. The first-order valence-electron chi connectivity index (χ1n) is 9.35. The molecular formula is C21H18FN5O3. The number of rotatable bonds is 4. The van der Waals surface area contributed by atoms with Crippen LogP contribution in [0.15, 0.2) is 58.8 Å². The number of fused-ring (bicyclic) bond motifs is 1. The summed E-state index contributed by atoms with van der Waals surface area (Å²) in [7, 11) is 0. The van der Waals surface area contributed by atoms with E-state index in [2.05, 4.69) is 16.4 Å². The van der Waals surface area contributed by atoms with E-state index in [4.69, 9.17) is 14.7 Å². The average molecular weight is 407 g/mol. The van der Waals surface area contributed by atoms with Crippen molar-refractivity contribution in [2.75, 3.05) is 13.1 Å². The van der Waals surface area contributed by atoms with Gasteiger partial charge in [-0.1, -0.05) is 6.07 Å². The Morgan fingerprint density at radius 1 is 1.33 bits per heavy atom. The molecule has 9 heteroatoms. The van der Waals surface area contributed by atoms with Gasteiger partial charge < -0.3 is 24.8 Å². The zero-order valence-electron chi connectivity index (χ0n) is 15.9. The van der Waals surface area contributed by atoms with Crippen molar-refractivity contribution in [3.63, 3.8) is 0 Å². The summed E-state index contributed by atoms with van der Waals surface area (Å²) in [4.78, 5) is 5.83. The van der Waals surface area contributed by atoms with Gasteiger partial charge in [0.05, 0.1) is 11.6 Å². The lowest BCUT2D eigenvalue weighted by atomic mass is 9.99. The first kappa shape index (κ1) is 19.5. The molecule has 1 aromatic carbocycles. The molecule has 1 aliphatic carbocycles. The fraction of sp³-hybridized carbons (Fsp3) is 0.286. The van der Waals surface area contributed by atoms with Crippen LogP contribution in [0.25, 0.3) is 0 Å². The van der Waals surface area contributed by atoms with Crippen LogP contribution in [0.2, 0.25) is 0 Å². The summed E-state index contributed by atoms with van der Waals surface area (Å²) in [5.41, 5.74) is 1.00. The minimum atomic E-state index is -0.986. The maximum Gasteiger partial charge on any atom is 0.230 e. The third-order valence-corrected chi connectivity index (χ3v) is 4.86. The molecule has 30 heavy (non-hydrogen) atoms. The SMILES string of the molecule is N#Cc1cc(COC2=NC(O)N3CCNC3=C2)ccc1OC1=CC=C(F)C(C#N)C1. The highest BCUT2D eigenvalue weighted by Crippen LogP contribution is 2.29. The maximum absolute atomic E-state index is 13.5. The first-order chi connectivity index (χ1) is 14.6. The van der Waals surface area contributed by atoms with Crippen LogP contribution in [0.4, 0.5) is 4.39 Å². The smallest absolute Gasteiger partial charge is 0.230 e. The molecule has 8 nitrogen and oxygen atoms in total. The van der Waals surface area contributed by atoms with Crippen molar-refractivity contribution in [1.29, 1.82) is 10.5 Å². The number of nitrogens with zero attached hydrogens (tertiary/aromatic N) is 4. The third kappa shape index (κ3) is 3.97. The van der Waals surface area contributed by atoms with Crippen LogP contribution < -0.4 is 10.1 Å². The number of hydrogen-bond donors (Lipinski definition) is 2. The minimum Gasteiger partial charge on any atom is -0.473 e. The Morgan fingerprint density at radius 3 is 3.00 bits per heavy atom.